The van der Waals surface area contributed by atoms with Gasteiger partial charge in [0.25, 0.3) is 0 Å². The second kappa shape index (κ2) is 4.26. The molecular weight excluding hydrogens is 212 g/mol. The van der Waals surface area contributed by atoms with Gasteiger partial charge in [-0.3, -0.25) is 4.68 Å². The number of nitrogens with two attached hydrogens (primary N) is 1. The smallest absolute Gasteiger partial charge is 0.156 e. The third-order valence-corrected chi connectivity index (χ3v) is 2.82. The molecule has 0 spiro atoms. The molecule has 2 aromatic heterocycles. The first kappa shape index (κ1) is 9.91. The number of anilines is 1. The Labute approximate surface area is 90.9 Å². The molecule has 7 heteroatoms. The molecule has 2 heterocycles. The van der Waals surface area contributed by atoms with Crippen LogP contribution >= 0.6 is 11.8 Å². The first-order valence-corrected chi connectivity index (χ1v) is 5.28. The van der Waals surface area contributed by atoms with E-state index < -0.39 is 0 Å². The van der Waals surface area contributed by atoms with Crippen LogP contribution in [0.2, 0.25) is 0 Å². The van der Waals surface area contributed by atoms with E-state index in [2.05, 4.69) is 20.1 Å². The second-order valence-corrected chi connectivity index (χ2v) is 3.80. The van der Waals surface area contributed by atoms with Gasteiger partial charge in [-0.15, -0.1) is 0 Å². The van der Waals surface area contributed by atoms with E-state index in [0.717, 1.165) is 10.9 Å². The minimum atomic E-state index is 0.449. The maximum Gasteiger partial charge on any atom is 0.156 e. The van der Waals surface area contributed by atoms with Crippen molar-refractivity contribution in [3.05, 3.63) is 24.5 Å². The lowest BCUT2D eigenvalue weighted by Crippen LogP contribution is -1.99. The molecule has 0 bridgehead atoms. The Balaban J connectivity index is 2.06. The van der Waals surface area contributed by atoms with Gasteiger partial charge in [-0.05, 0) is 0 Å². The van der Waals surface area contributed by atoms with Gasteiger partial charge in [0.15, 0.2) is 5.82 Å². The summed E-state index contributed by atoms with van der Waals surface area (Å²) in [5.74, 6) is 2.01. The average molecular weight is 222 g/mol. The van der Waals surface area contributed by atoms with Gasteiger partial charge >= 0.3 is 0 Å². The fraction of sp³-hybridized carbons (Fsp3) is 0.250. The minimum absolute atomic E-state index is 0.449. The Morgan fingerprint density at radius 1 is 1.33 bits per heavy atom. The zero-order valence-corrected chi connectivity index (χ0v) is 8.98. The van der Waals surface area contributed by atoms with Crippen LogP contribution in [-0.2, 0) is 12.8 Å². The molecule has 2 aromatic rings. The molecule has 0 aliphatic rings. The lowest BCUT2D eigenvalue weighted by molar-refractivity contribution is 0.729. The maximum atomic E-state index is 5.66. The van der Waals surface area contributed by atoms with Crippen molar-refractivity contribution in [1.29, 1.82) is 0 Å². The van der Waals surface area contributed by atoms with Crippen molar-refractivity contribution in [2.24, 2.45) is 7.05 Å². The van der Waals surface area contributed by atoms with Crippen LogP contribution in [0.1, 0.15) is 5.82 Å². The zero-order valence-electron chi connectivity index (χ0n) is 8.16. The van der Waals surface area contributed by atoms with Gasteiger partial charge in [-0.2, -0.15) is 5.10 Å². The highest BCUT2D eigenvalue weighted by molar-refractivity contribution is 7.98. The largest absolute Gasteiger partial charge is 0.381 e. The van der Waals surface area contributed by atoms with E-state index >= 15 is 0 Å². The number of nitrogen functional groups attached to an aromatic ring is 1. The van der Waals surface area contributed by atoms with Crippen molar-refractivity contribution in [3.8, 4) is 0 Å². The van der Waals surface area contributed by atoms with E-state index in [1.54, 1.807) is 17.1 Å². The quantitative estimate of drug-likeness (QED) is 0.760. The summed E-state index contributed by atoms with van der Waals surface area (Å²) in [7, 11) is 1.85. The van der Waals surface area contributed by atoms with E-state index in [1.807, 2.05) is 7.05 Å². The van der Waals surface area contributed by atoms with E-state index in [9.17, 15) is 0 Å². The predicted octanol–water partition coefficient (Wildman–Crippen LogP) is 0.480. The van der Waals surface area contributed by atoms with Crippen molar-refractivity contribution >= 4 is 17.6 Å². The van der Waals surface area contributed by atoms with Crippen LogP contribution in [0.4, 0.5) is 5.82 Å². The normalized spacial score (nSPS) is 10.5. The van der Waals surface area contributed by atoms with Gasteiger partial charge in [0.05, 0.1) is 5.75 Å². The number of rotatable bonds is 3. The summed E-state index contributed by atoms with van der Waals surface area (Å²) in [6.45, 7) is 0. The molecule has 0 amide bonds. The monoisotopic (exact) mass is 222 g/mol. The first-order valence-electron chi connectivity index (χ1n) is 4.29. The van der Waals surface area contributed by atoms with E-state index in [1.165, 1.54) is 18.1 Å². The summed E-state index contributed by atoms with van der Waals surface area (Å²) >= 11 is 1.50. The number of hydrogen-bond donors (Lipinski definition) is 1. The van der Waals surface area contributed by atoms with E-state index in [4.69, 9.17) is 5.73 Å². The summed E-state index contributed by atoms with van der Waals surface area (Å²) < 4.78 is 1.72. The van der Waals surface area contributed by atoms with Crippen molar-refractivity contribution in [2.75, 3.05) is 5.73 Å². The highest BCUT2D eigenvalue weighted by atomic mass is 32.2. The molecule has 2 rings (SSSR count). The standard InChI is InChI=1S/C8H10N6S/c1-14-6(12-5-13-14)4-15-8-7(9)10-2-3-11-8/h2-3,5H,4H2,1H3,(H2,9,10). The van der Waals surface area contributed by atoms with Crippen LogP contribution in [-0.4, -0.2) is 24.7 Å². The number of hydrogen-bond acceptors (Lipinski definition) is 6. The number of aryl methyl sites for hydroxylation is 1. The third kappa shape index (κ3) is 2.24. The van der Waals surface area contributed by atoms with Gasteiger partial charge in [-0.1, -0.05) is 11.8 Å². The van der Waals surface area contributed by atoms with Crippen LogP contribution in [0.3, 0.4) is 0 Å². The molecule has 2 N–H and O–H groups in total. The summed E-state index contributed by atoms with van der Waals surface area (Å²) in [4.78, 5) is 12.2. The van der Waals surface area contributed by atoms with Crippen molar-refractivity contribution in [1.82, 2.24) is 24.7 Å². The Morgan fingerprint density at radius 2 is 2.13 bits per heavy atom. The minimum Gasteiger partial charge on any atom is -0.381 e. The summed E-state index contributed by atoms with van der Waals surface area (Å²) in [6.07, 6.45) is 4.72. The lowest BCUT2D eigenvalue weighted by Gasteiger charge is -2.02. The van der Waals surface area contributed by atoms with Gasteiger partial charge in [0.1, 0.15) is 17.2 Å². The predicted molar refractivity (Wildman–Crippen MR) is 57.0 cm³/mol. The number of thioether (sulfide) groups is 1. The summed E-state index contributed by atoms with van der Waals surface area (Å²) in [6, 6.07) is 0. The third-order valence-electron chi connectivity index (χ3n) is 1.83. The highest BCUT2D eigenvalue weighted by Gasteiger charge is 2.05. The van der Waals surface area contributed by atoms with Crippen molar-refractivity contribution in [2.45, 2.75) is 10.8 Å². The van der Waals surface area contributed by atoms with E-state index in [-0.39, 0.29) is 0 Å². The van der Waals surface area contributed by atoms with Crippen LogP contribution in [0.15, 0.2) is 23.7 Å². The molecule has 0 saturated heterocycles. The second-order valence-electron chi connectivity index (χ2n) is 2.84. The highest BCUT2D eigenvalue weighted by Crippen LogP contribution is 2.22. The molecule has 6 nitrogen and oxygen atoms in total. The van der Waals surface area contributed by atoms with Gasteiger partial charge in [0.2, 0.25) is 0 Å². The van der Waals surface area contributed by atoms with Crippen molar-refractivity contribution < 1.29 is 0 Å². The van der Waals surface area contributed by atoms with Crippen LogP contribution < -0.4 is 5.73 Å². The number of aromatic nitrogens is 5. The lowest BCUT2D eigenvalue weighted by atomic mass is 10.7. The summed E-state index contributed by atoms with van der Waals surface area (Å²) in [5.41, 5.74) is 5.66. The Kier molecular flexibility index (Phi) is 2.82. The van der Waals surface area contributed by atoms with Crippen LogP contribution in [0.5, 0.6) is 0 Å². The molecule has 0 radical (unpaired) electrons. The van der Waals surface area contributed by atoms with Crippen LogP contribution in [0, 0.1) is 0 Å². The molecule has 15 heavy (non-hydrogen) atoms. The van der Waals surface area contributed by atoms with Gasteiger partial charge < -0.3 is 5.73 Å². The Bertz CT molecular complexity index is 454. The molecule has 0 aromatic carbocycles. The topological polar surface area (TPSA) is 82.5 Å². The first-order chi connectivity index (χ1) is 7.27. The molecule has 0 aliphatic heterocycles. The van der Waals surface area contributed by atoms with Gasteiger partial charge in [0, 0.05) is 19.4 Å². The van der Waals surface area contributed by atoms with E-state index in [0.29, 0.717) is 11.6 Å². The molecule has 0 unspecified atom stereocenters. The molecule has 0 aliphatic carbocycles. The number of nitrogens with zero attached hydrogens (tertiary/aromatic N) is 5. The van der Waals surface area contributed by atoms with Crippen molar-refractivity contribution in [3.63, 3.8) is 0 Å². The SMILES string of the molecule is Cn1ncnc1CSc1nccnc1N. The Hall–Kier alpha value is -1.63. The van der Waals surface area contributed by atoms with Crippen LogP contribution in [0.25, 0.3) is 0 Å². The molecule has 0 saturated carbocycles. The molecule has 0 atom stereocenters. The fourth-order valence-corrected chi connectivity index (χ4v) is 1.89. The fourth-order valence-electron chi connectivity index (χ4n) is 1.03. The molecule has 0 fully saturated rings. The Morgan fingerprint density at radius 3 is 2.80 bits per heavy atom. The maximum absolute atomic E-state index is 5.66. The zero-order chi connectivity index (χ0) is 10.7. The molecular formula is C8H10N6S. The van der Waals surface area contributed by atoms with Gasteiger partial charge in [-0.25, -0.2) is 15.0 Å². The summed E-state index contributed by atoms with van der Waals surface area (Å²) in [5, 5.41) is 4.70. The molecule has 78 valence electrons. The average Bonchev–Trinajstić information content (AvgIpc) is 2.63.